The molecule has 8 nitrogen and oxygen atoms in total. The molecule has 0 aromatic heterocycles. The maximum atomic E-state index is 10.1. The van der Waals surface area contributed by atoms with Crippen molar-refractivity contribution in [3.63, 3.8) is 0 Å². The zero-order valence-electron chi connectivity index (χ0n) is 6.73. The Balaban J connectivity index is 4.23. The molecule has 0 amide bonds. The second-order valence-electron chi connectivity index (χ2n) is 2.47. The minimum atomic E-state index is -4.95. The summed E-state index contributed by atoms with van der Waals surface area (Å²) in [6.07, 6.45) is -1.62. The lowest BCUT2D eigenvalue weighted by atomic mass is 10.3. The molecule has 0 spiro atoms. The van der Waals surface area contributed by atoms with Gasteiger partial charge < -0.3 is 19.3 Å². The fourth-order valence-corrected chi connectivity index (χ4v) is 1.42. The normalized spacial score (nSPS) is 17.7. The van der Waals surface area contributed by atoms with Gasteiger partial charge in [0.25, 0.3) is 0 Å². The molecule has 0 aliphatic heterocycles. The second kappa shape index (κ2) is 4.51. The van der Waals surface area contributed by atoms with Gasteiger partial charge in [-0.1, -0.05) is 0 Å². The summed E-state index contributed by atoms with van der Waals surface area (Å²) in [5.74, 6) is 0. The molecule has 0 aromatic carbocycles. The fraction of sp³-hybridized carbons (Fsp3) is 1.00. The van der Waals surface area contributed by atoms with Crippen molar-refractivity contribution in [1.82, 2.24) is 0 Å². The van der Waals surface area contributed by atoms with Gasteiger partial charge in [-0.25, -0.2) is 16.8 Å². The Kier molecular flexibility index (Phi) is 4.42. The van der Waals surface area contributed by atoms with E-state index in [0.29, 0.717) is 0 Å². The molecule has 0 rings (SSSR count). The van der Waals surface area contributed by atoms with E-state index >= 15 is 0 Å². The third-order valence-corrected chi connectivity index (χ3v) is 3.13. The first-order chi connectivity index (χ1) is 6.05. The Bertz CT molecular complexity index is 328. The maximum Gasteiger partial charge on any atom is 0.143 e. The van der Waals surface area contributed by atoms with Crippen molar-refractivity contribution in [1.29, 1.82) is 0 Å². The molecule has 14 heavy (non-hydrogen) atoms. The largest absolute Gasteiger partial charge is 0.746 e. The lowest BCUT2D eigenvalue weighted by molar-refractivity contribution is 0.176. The molecule has 0 aliphatic carbocycles. The monoisotopic (exact) mass is 248 g/mol. The number of hydrogen-bond donors (Lipinski definition) is 2. The van der Waals surface area contributed by atoms with Crippen LogP contribution in [0.4, 0.5) is 0 Å². The molecule has 0 unspecified atom stereocenters. The Hall–Kier alpha value is -0.260. The van der Waals surface area contributed by atoms with E-state index in [1.54, 1.807) is 0 Å². The van der Waals surface area contributed by atoms with Gasteiger partial charge in [0.05, 0.1) is 0 Å². The first-order valence-corrected chi connectivity index (χ1v) is 6.25. The van der Waals surface area contributed by atoms with Crippen molar-refractivity contribution in [3.05, 3.63) is 0 Å². The highest BCUT2D eigenvalue weighted by Gasteiger charge is 2.17. The number of rotatable bonds is 5. The van der Waals surface area contributed by atoms with E-state index in [9.17, 15) is 25.9 Å². The molecule has 0 radical (unpaired) electrons. The van der Waals surface area contributed by atoms with Gasteiger partial charge in [-0.05, 0) is 12.8 Å². The topological polar surface area (TPSA) is 155 Å². The van der Waals surface area contributed by atoms with Gasteiger partial charge in [-0.3, -0.25) is 0 Å². The van der Waals surface area contributed by atoms with E-state index in [1.807, 2.05) is 0 Å². The summed E-state index contributed by atoms with van der Waals surface area (Å²) in [6.45, 7) is 0. The predicted molar refractivity (Wildman–Crippen MR) is 40.6 cm³/mol. The quantitative estimate of drug-likeness (QED) is 0.505. The smallest absolute Gasteiger partial charge is 0.143 e. The van der Waals surface area contributed by atoms with Crippen LogP contribution in [0.15, 0.2) is 0 Å². The summed E-state index contributed by atoms with van der Waals surface area (Å²) in [6, 6.07) is 0. The van der Waals surface area contributed by atoms with Gasteiger partial charge in [-0.15, -0.1) is 0 Å². The van der Waals surface area contributed by atoms with Crippen LogP contribution in [0.1, 0.15) is 12.8 Å². The molecule has 0 saturated heterocycles. The van der Waals surface area contributed by atoms with Crippen LogP contribution in [0.2, 0.25) is 0 Å². The van der Waals surface area contributed by atoms with Crippen molar-refractivity contribution in [2.24, 2.45) is 0 Å². The minimum absolute atomic E-state index is 0.811. The van der Waals surface area contributed by atoms with E-state index in [2.05, 4.69) is 0 Å². The van der Waals surface area contributed by atoms with E-state index in [0.717, 1.165) is 0 Å². The molecule has 2 atom stereocenters. The summed E-state index contributed by atoms with van der Waals surface area (Å²) in [5, 5.41) is 17.2. The van der Waals surface area contributed by atoms with Crippen molar-refractivity contribution >= 4 is 20.2 Å². The Morgan fingerprint density at radius 2 is 1.07 bits per heavy atom. The molecule has 0 aromatic rings. The van der Waals surface area contributed by atoms with Crippen LogP contribution in [0.5, 0.6) is 0 Å². The first kappa shape index (κ1) is 13.7. The van der Waals surface area contributed by atoms with Crippen molar-refractivity contribution in [3.8, 4) is 0 Å². The lowest BCUT2D eigenvalue weighted by Gasteiger charge is -2.18. The Morgan fingerprint density at radius 3 is 1.21 bits per heavy atom. The average molecular weight is 248 g/mol. The molecule has 0 saturated carbocycles. The van der Waals surface area contributed by atoms with E-state index in [4.69, 9.17) is 10.2 Å². The van der Waals surface area contributed by atoms with Gasteiger partial charge in [0.2, 0.25) is 0 Å². The second-order valence-corrected chi connectivity index (χ2v) is 5.53. The van der Waals surface area contributed by atoms with Gasteiger partial charge in [0.15, 0.2) is 0 Å². The van der Waals surface area contributed by atoms with Crippen LogP contribution in [-0.2, 0) is 20.2 Å². The molecule has 0 bridgehead atoms. The third-order valence-electron chi connectivity index (χ3n) is 1.33. The van der Waals surface area contributed by atoms with Gasteiger partial charge in [-0.2, -0.15) is 0 Å². The highest BCUT2D eigenvalue weighted by Crippen LogP contribution is 2.09. The van der Waals surface area contributed by atoms with Crippen molar-refractivity contribution < 1.29 is 36.2 Å². The summed E-state index contributed by atoms with van der Waals surface area (Å²) in [5.41, 5.74) is -4.64. The van der Waals surface area contributed by atoms with Crippen molar-refractivity contribution in [2.45, 2.75) is 23.7 Å². The van der Waals surface area contributed by atoms with Crippen LogP contribution in [-0.4, -0.2) is 47.0 Å². The molecule has 0 heterocycles. The van der Waals surface area contributed by atoms with Crippen LogP contribution in [0.25, 0.3) is 0 Å². The number of aliphatic hydroxyl groups excluding tert-OH is 2. The highest BCUT2D eigenvalue weighted by molar-refractivity contribution is 7.86. The molecule has 0 fully saturated rings. The van der Waals surface area contributed by atoms with Gasteiger partial charge >= 0.3 is 0 Å². The molecular formula is C4H8O8S2-2. The predicted octanol–water partition coefficient (Wildman–Crippen LogP) is -2.51. The number of aliphatic hydroxyl groups is 2. The molecule has 0 aliphatic rings. The zero-order chi connectivity index (χ0) is 11.6. The standard InChI is InChI=1S/C4H10O8S2/c5-3(13(7,8)9)1-2-4(6)14(10,11)12/h3-6H,1-2H2,(H,7,8,9)(H,10,11,12)/p-2/t3-,4+. The minimum Gasteiger partial charge on any atom is -0.746 e. The first-order valence-electron chi connectivity index (χ1n) is 3.30. The van der Waals surface area contributed by atoms with Crippen LogP contribution < -0.4 is 0 Å². The maximum absolute atomic E-state index is 10.1. The summed E-state index contributed by atoms with van der Waals surface area (Å²) in [7, 11) is -9.89. The Labute approximate surface area is 80.7 Å². The Morgan fingerprint density at radius 1 is 0.857 bits per heavy atom. The van der Waals surface area contributed by atoms with Gasteiger partial charge in [0, 0.05) is 0 Å². The van der Waals surface area contributed by atoms with E-state index in [-0.39, 0.29) is 0 Å². The number of hydrogen-bond acceptors (Lipinski definition) is 8. The fourth-order valence-electron chi connectivity index (χ4n) is 0.574. The summed E-state index contributed by atoms with van der Waals surface area (Å²) in [4.78, 5) is 0. The summed E-state index contributed by atoms with van der Waals surface area (Å²) >= 11 is 0. The SMILES string of the molecule is O=S(=O)([O-])[C@H](O)CC[C@H](O)S(=O)(=O)[O-]. The van der Waals surface area contributed by atoms with E-state index in [1.165, 1.54) is 0 Å². The average Bonchev–Trinajstić information content (AvgIpc) is 1.95. The summed E-state index contributed by atoms with van der Waals surface area (Å²) < 4.78 is 60.5. The van der Waals surface area contributed by atoms with Crippen LogP contribution in [0, 0.1) is 0 Å². The lowest BCUT2D eigenvalue weighted by Crippen LogP contribution is -2.25. The zero-order valence-corrected chi connectivity index (χ0v) is 8.36. The molecule has 2 N–H and O–H groups in total. The third kappa shape index (κ3) is 4.83. The van der Waals surface area contributed by atoms with Crippen molar-refractivity contribution in [2.75, 3.05) is 0 Å². The van der Waals surface area contributed by atoms with Crippen LogP contribution in [0.3, 0.4) is 0 Å². The molecular weight excluding hydrogens is 240 g/mol. The molecule has 86 valence electrons. The van der Waals surface area contributed by atoms with Crippen LogP contribution >= 0.6 is 0 Å². The highest BCUT2D eigenvalue weighted by atomic mass is 32.2. The molecule has 10 heteroatoms. The van der Waals surface area contributed by atoms with Gasteiger partial charge in [0.1, 0.15) is 31.1 Å². The van der Waals surface area contributed by atoms with E-state index < -0.39 is 43.9 Å².